The van der Waals surface area contributed by atoms with E-state index in [1.807, 2.05) is 0 Å². The number of nitrogens with zero attached hydrogens (tertiary/aromatic N) is 4. The number of carbonyl (C=O) groups excluding carboxylic acids is 1. The predicted octanol–water partition coefficient (Wildman–Crippen LogP) is 2.08. The largest absolute Gasteiger partial charge is 0.345 e. The number of hydrogen-bond acceptors (Lipinski definition) is 3. The van der Waals surface area contributed by atoms with Gasteiger partial charge in [-0.05, 0) is 25.7 Å². The molecule has 0 atom stereocenters. The highest BCUT2D eigenvalue weighted by atomic mass is 16.2. The number of aryl methyl sites for hydroxylation is 1. The first-order chi connectivity index (χ1) is 11.2. The molecular weight excluding hydrogens is 292 g/mol. The van der Waals surface area contributed by atoms with Gasteiger partial charge in [0.05, 0.1) is 0 Å². The standard InChI is InChI=1S/C17H28N4O2/c1-19-17(23)20(13-18-19)12-16(22)21(14-8-4-2-5-9-14)15-10-6-3-7-11-15/h13-15H,2-12H2,1H3. The molecule has 128 valence electrons. The van der Waals surface area contributed by atoms with E-state index >= 15 is 0 Å². The lowest BCUT2D eigenvalue weighted by atomic mass is 9.88. The molecule has 1 aromatic heterocycles. The van der Waals surface area contributed by atoms with Crippen LogP contribution in [0.1, 0.15) is 64.2 Å². The van der Waals surface area contributed by atoms with Gasteiger partial charge in [-0.15, -0.1) is 0 Å². The molecule has 2 aliphatic rings. The van der Waals surface area contributed by atoms with Crippen LogP contribution < -0.4 is 5.69 Å². The number of amides is 1. The summed E-state index contributed by atoms with van der Waals surface area (Å²) in [5, 5.41) is 3.95. The fraction of sp³-hybridized carbons (Fsp3) is 0.824. The second-order valence-corrected chi connectivity index (χ2v) is 7.05. The summed E-state index contributed by atoms with van der Waals surface area (Å²) < 4.78 is 2.71. The molecule has 0 aromatic carbocycles. The molecule has 2 aliphatic carbocycles. The van der Waals surface area contributed by atoms with Gasteiger partial charge < -0.3 is 4.90 Å². The molecule has 0 spiro atoms. The van der Waals surface area contributed by atoms with Gasteiger partial charge in [0.1, 0.15) is 12.9 Å². The Hall–Kier alpha value is -1.59. The van der Waals surface area contributed by atoms with Gasteiger partial charge in [0.15, 0.2) is 0 Å². The summed E-state index contributed by atoms with van der Waals surface area (Å²) in [6.07, 6.45) is 13.4. The van der Waals surface area contributed by atoms with Crippen LogP contribution in [0.25, 0.3) is 0 Å². The van der Waals surface area contributed by atoms with Gasteiger partial charge in [0, 0.05) is 19.1 Å². The summed E-state index contributed by atoms with van der Waals surface area (Å²) in [5.74, 6) is 0.0962. The van der Waals surface area contributed by atoms with Crippen molar-refractivity contribution in [3.63, 3.8) is 0 Å². The fourth-order valence-corrected chi connectivity index (χ4v) is 4.18. The van der Waals surface area contributed by atoms with Crippen molar-refractivity contribution in [2.45, 2.75) is 82.8 Å². The Morgan fingerprint density at radius 2 is 1.61 bits per heavy atom. The van der Waals surface area contributed by atoms with E-state index in [0.29, 0.717) is 12.1 Å². The van der Waals surface area contributed by atoms with Crippen LogP contribution in [0, 0.1) is 0 Å². The highest BCUT2D eigenvalue weighted by molar-refractivity contribution is 5.76. The summed E-state index contributed by atoms with van der Waals surface area (Å²) in [4.78, 5) is 27.1. The van der Waals surface area contributed by atoms with Gasteiger partial charge >= 0.3 is 5.69 Å². The molecule has 0 aliphatic heterocycles. The maximum absolute atomic E-state index is 13.0. The third-order valence-electron chi connectivity index (χ3n) is 5.42. The first kappa shape index (κ1) is 16.3. The summed E-state index contributed by atoms with van der Waals surface area (Å²) in [6.45, 7) is 0.125. The topological polar surface area (TPSA) is 60.1 Å². The molecule has 3 rings (SSSR count). The molecule has 0 bridgehead atoms. The first-order valence-electron chi connectivity index (χ1n) is 9.06. The van der Waals surface area contributed by atoms with Crippen LogP contribution in [0.3, 0.4) is 0 Å². The van der Waals surface area contributed by atoms with Crippen molar-refractivity contribution in [2.24, 2.45) is 7.05 Å². The molecule has 23 heavy (non-hydrogen) atoms. The molecule has 6 heteroatoms. The fourth-order valence-electron chi connectivity index (χ4n) is 4.18. The second kappa shape index (κ2) is 7.32. The van der Waals surface area contributed by atoms with Crippen molar-refractivity contribution >= 4 is 5.91 Å². The van der Waals surface area contributed by atoms with Crippen LogP contribution in [0.4, 0.5) is 0 Å². The smallest absolute Gasteiger partial charge is 0.335 e. The van der Waals surface area contributed by atoms with E-state index < -0.39 is 0 Å². The van der Waals surface area contributed by atoms with Crippen LogP contribution in [-0.2, 0) is 18.4 Å². The maximum atomic E-state index is 13.0. The molecule has 0 saturated heterocycles. The summed E-state index contributed by atoms with van der Waals surface area (Å²) in [6, 6.07) is 0.735. The molecule has 2 saturated carbocycles. The van der Waals surface area contributed by atoms with Gasteiger partial charge in [-0.2, -0.15) is 5.10 Å². The minimum Gasteiger partial charge on any atom is -0.335 e. The molecule has 2 fully saturated rings. The molecule has 0 unspecified atom stereocenters. The third kappa shape index (κ3) is 3.67. The van der Waals surface area contributed by atoms with Gasteiger partial charge in [0.25, 0.3) is 0 Å². The van der Waals surface area contributed by atoms with Gasteiger partial charge in [0.2, 0.25) is 5.91 Å². The highest BCUT2D eigenvalue weighted by Gasteiger charge is 2.32. The number of aromatic nitrogens is 3. The zero-order valence-electron chi connectivity index (χ0n) is 14.1. The average molecular weight is 320 g/mol. The van der Waals surface area contributed by atoms with Crippen LogP contribution in [0.15, 0.2) is 11.1 Å². The SMILES string of the molecule is Cn1ncn(CC(=O)N(C2CCCCC2)C2CCCCC2)c1=O. The summed E-state index contributed by atoms with van der Waals surface area (Å²) >= 11 is 0. The van der Waals surface area contributed by atoms with Gasteiger partial charge in [-0.25, -0.2) is 9.48 Å². The molecule has 6 nitrogen and oxygen atoms in total. The Bertz CT molecular complexity index is 562. The summed E-state index contributed by atoms with van der Waals surface area (Å²) in [7, 11) is 1.61. The number of rotatable bonds is 4. The lowest BCUT2D eigenvalue weighted by Crippen LogP contribution is -2.50. The van der Waals surface area contributed by atoms with E-state index in [0.717, 1.165) is 25.7 Å². The normalized spacial score (nSPS) is 20.6. The van der Waals surface area contributed by atoms with Crippen LogP contribution in [0.2, 0.25) is 0 Å². The number of hydrogen-bond donors (Lipinski definition) is 0. The Morgan fingerprint density at radius 3 is 2.04 bits per heavy atom. The molecule has 1 amide bonds. The minimum absolute atomic E-state index is 0.0962. The highest BCUT2D eigenvalue weighted by Crippen LogP contribution is 2.30. The first-order valence-corrected chi connectivity index (χ1v) is 9.06. The van der Waals surface area contributed by atoms with Crippen molar-refractivity contribution in [2.75, 3.05) is 0 Å². The van der Waals surface area contributed by atoms with E-state index in [1.165, 1.54) is 54.1 Å². The van der Waals surface area contributed by atoms with Crippen molar-refractivity contribution in [3.05, 3.63) is 16.8 Å². The quantitative estimate of drug-likeness (QED) is 0.853. The molecular formula is C17H28N4O2. The van der Waals surface area contributed by atoms with Crippen molar-refractivity contribution in [1.82, 2.24) is 19.2 Å². The van der Waals surface area contributed by atoms with Gasteiger partial charge in [-0.3, -0.25) is 9.36 Å². The Kier molecular flexibility index (Phi) is 5.18. The van der Waals surface area contributed by atoms with E-state index in [2.05, 4.69) is 10.00 Å². The van der Waals surface area contributed by atoms with E-state index in [9.17, 15) is 9.59 Å². The Morgan fingerprint density at radius 1 is 1.09 bits per heavy atom. The monoisotopic (exact) mass is 320 g/mol. The molecule has 0 radical (unpaired) electrons. The van der Waals surface area contributed by atoms with Crippen LogP contribution in [-0.4, -0.2) is 37.2 Å². The van der Waals surface area contributed by atoms with Crippen molar-refractivity contribution in [1.29, 1.82) is 0 Å². The second-order valence-electron chi connectivity index (χ2n) is 7.05. The lowest BCUT2D eigenvalue weighted by Gasteiger charge is -2.41. The zero-order chi connectivity index (χ0) is 16.2. The molecule has 1 heterocycles. The predicted molar refractivity (Wildman–Crippen MR) is 88.1 cm³/mol. The third-order valence-corrected chi connectivity index (χ3v) is 5.42. The maximum Gasteiger partial charge on any atom is 0.345 e. The van der Waals surface area contributed by atoms with E-state index in [1.54, 1.807) is 7.05 Å². The lowest BCUT2D eigenvalue weighted by molar-refractivity contribution is -0.138. The van der Waals surface area contributed by atoms with Crippen molar-refractivity contribution < 1.29 is 4.79 Å². The van der Waals surface area contributed by atoms with E-state index in [4.69, 9.17) is 0 Å². The van der Waals surface area contributed by atoms with Gasteiger partial charge in [-0.1, -0.05) is 38.5 Å². The summed E-state index contributed by atoms with van der Waals surface area (Å²) in [5.41, 5.74) is -0.217. The van der Waals surface area contributed by atoms with Crippen LogP contribution >= 0.6 is 0 Å². The molecule has 1 aromatic rings. The van der Waals surface area contributed by atoms with Crippen LogP contribution in [0.5, 0.6) is 0 Å². The van der Waals surface area contributed by atoms with E-state index in [-0.39, 0.29) is 18.1 Å². The number of carbonyl (C=O) groups is 1. The Balaban J connectivity index is 1.76. The zero-order valence-corrected chi connectivity index (χ0v) is 14.1. The Labute approximate surface area is 137 Å². The average Bonchev–Trinajstić information content (AvgIpc) is 2.89. The molecule has 0 N–H and O–H groups in total. The van der Waals surface area contributed by atoms with Crippen molar-refractivity contribution in [3.8, 4) is 0 Å². The minimum atomic E-state index is -0.217.